The fourth-order valence-electron chi connectivity index (χ4n) is 2.70. The molecule has 2 aliphatic heterocycles. The summed E-state index contributed by atoms with van der Waals surface area (Å²) in [6.07, 6.45) is 0. The van der Waals surface area contributed by atoms with Crippen LogP contribution in [-0.2, 0) is 27.2 Å². The van der Waals surface area contributed by atoms with E-state index in [0.717, 1.165) is 0 Å². The van der Waals surface area contributed by atoms with Gasteiger partial charge in [-0.3, -0.25) is 9.13 Å². The Labute approximate surface area is 185 Å². The third kappa shape index (κ3) is 7.15. The van der Waals surface area contributed by atoms with Gasteiger partial charge in [0.2, 0.25) is 0 Å². The fourth-order valence-corrected chi connectivity index (χ4v) is 5.90. The Bertz CT molecular complexity index is 579. The molecule has 0 aliphatic carbocycles. The van der Waals surface area contributed by atoms with E-state index in [1.165, 1.54) is 0 Å². The minimum atomic E-state index is -2.90. The van der Waals surface area contributed by atoms with E-state index >= 15 is 0 Å². The van der Waals surface area contributed by atoms with Crippen molar-refractivity contribution in [3.63, 3.8) is 0 Å². The van der Waals surface area contributed by atoms with Gasteiger partial charge in [0.15, 0.2) is 0 Å². The maximum atomic E-state index is 12.3. The predicted molar refractivity (Wildman–Crippen MR) is 124 cm³/mol. The van der Waals surface area contributed by atoms with E-state index in [2.05, 4.69) is 41.5 Å². The van der Waals surface area contributed by atoms with Crippen LogP contribution in [0.2, 0.25) is 0 Å². The molecule has 0 aromatic heterocycles. The van der Waals surface area contributed by atoms with Gasteiger partial charge in [-0.05, 0) is 52.4 Å². The van der Waals surface area contributed by atoms with Crippen LogP contribution in [0, 0.1) is 22.7 Å². The Morgan fingerprint density at radius 3 is 0.833 bits per heavy atom. The van der Waals surface area contributed by atoms with E-state index in [9.17, 15) is 9.13 Å². The maximum Gasteiger partial charge on any atom is 0.335 e. The molecule has 2 fully saturated rings. The molecule has 0 radical (unpaired) electrons. The van der Waals surface area contributed by atoms with E-state index < -0.39 is 25.5 Å². The zero-order chi connectivity index (χ0) is 23.8. The molecule has 8 heteroatoms. The summed E-state index contributed by atoms with van der Waals surface area (Å²) in [7, 11) is -5.81. The van der Waals surface area contributed by atoms with Crippen LogP contribution in [0.25, 0.3) is 0 Å². The Balaban J connectivity index is 0.000000300. The second-order valence-corrected chi connectivity index (χ2v) is 18.4. The van der Waals surface area contributed by atoms with E-state index in [-0.39, 0.29) is 10.8 Å². The molecular formula is C22H46O6P2. The summed E-state index contributed by atoms with van der Waals surface area (Å²) >= 11 is 0. The molecule has 2 aliphatic rings. The number of hydrogen-bond acceptors (Lipinski definition) is 6. The van der Waals surface area contributed by atoms with Crippen LogP contribution in [-0.4, -0.2) is 36.7 Å². The molecule has 0 aromatic rings. The van der Waals surface area contributed by atoms with Gasteiger partial charge in [-0.15, -0.1) is 0 Å². The van der Waals surface area contributed by atoms with Crippen LogP contribution >= 0.6 is 15.2 Å². The normalized spacial score (nSPS) is 34.1. The first kappa shape index (κ1) is 28.3. The first-order valence-electron chi connectivity index (χ1n) is 10.9. The Morgan fingerprint density at radius 1 is 0.500 bits per heavy atom. The lowest BCUT2D eigenvalue weighted by atomic mass is 9.82. The highest BCUT2D eigenvalue weighted by molar-refractivity contribution is 7.55. The quantitative estimate of drug-likeness (QED) is 0.346. The summed E-state index contributed by atoms with van der Waals surface area (Å²) in [6.45, 7) is 26.4. The molecule has 2 rings (SSSR count). The average molecular weight is 469 g/mol. The smallest absolute Gasteiger partial charge is 0.308 e. The second kappa shape index (κ2) is 9.27. The van der Waals surface area contributed by atoms with Crippen LogP contribution in [0.4, 0.5) is 0 Å². The fraction of sp³-hybridized carbons (Fsp3) is 1.00. The van der Waals surface area contributed by atoms with Crippen molar-refractivity contribution >= 4 is 15.2 Å². The van der Waals surface area contributed by atoms with Gasteiger partial charge in [0.1, 0.15) is 0 Å². The Hall–Kier alpha value is 0.300. The Morgan fingerprint density at radius 2 is 0.700 bits per heavy atom. The zero-order valence-electron chi connectivity index (χ0n) is 21.3. The third-order valence-corrected chi connectivity index (χ3v) is 11.1. The van der Waals surface area contributed by atoms with Gasteiger partial charge >= 0.3 is 15.2 Å². The van der Waals surface area contributed by atoms with E-state index in [4.69, 9.17) is 18.1 Å². The molecule has 6 nitrogen and oxygen atoms in total. The minimum absolute atomic E-state index is 0.142. The second-order valence-electron chi connectivity index (χ2n) is 12.6. The van der Waals surface area contributed by atoms with Gasteiger partial charge in [-0.1, -0.05) is 41.5 Å². The average Bonchev–Trinajstić information content (AvgIpc) is 2.52. The zero-order valence-corrected chi connectivity index (χ0v) is 23.1. The van der Waals surface area contributed by atoms with Crippen molar-refractivity contribution in [3.05, 3.63) is 0 Å². The van der Waals surface area contributed by atoms with E-state index in [0.29, 0.717) is 38.3 Å². The third-order valence-electron chi connectivity index (χ3n) is 5.88. The lowest BCUT2D eigenvalue weighted by Crippen LogP contribution is -2.35. The van der Waals surface area contributed by atoms with E-state index in [1.807, 2.05) is 41.5 Å². The van der Waals surface area contributed by atoms with Crippen LogP contribution in [0.15, 0.2) is 0 Å². The molecule has 2 saturated heterocycles. The lowest BCUT2D eigenvalue weighted by Gasteiger charge is -2.40. The molecular weight excluding hydrogens is 422 g/mol. The summed E-state index contributed by atoms with van der Waals surface area (Å²) < 4.78 is 46.6. The summed E-state index contributed by atoms with van der Waals surface area (Å²) in [5, 5.41) is -0.842. The van der Waals surface area contributed by atoms with Gasteiger partial charge in [-0.2, -0.15) is 0 Å². The first-order chi connectivity index (χ1) is 13.1. The minimum Gasteiger partial charge on any atom is -0.308 e. The summed E-state index contributed by atoms with van der Waals surface area (Å²) in [5.41, 5.74) is 0.284. The van der Waals surface area contributed by atoms with Crippen molar-refractivity contribution in [1.82, 2.24) is 0 Å². The molecule has 0 saturated carbocycles. The molecule has 0 spiro atoms. The summed E-state index contributed by atoms with van der Waals surface area (Å²) in [6, 6.07) is 0. The van der Waals surface area contributed by atoms with Crippen LogP contribution in [0.1, 0.15) is 83.1 Å². The van der Waals surface area contributed by atoms with Crippen LogP contribution in [0.3, 0.4) is 0 Å². The van der Waals surface area contributed by atoms with Crippen molar-refractivity contribution in [2.75, 3.05) is 26.4 Å². The topological polar surface area (TPSA) is 71.1 Å². The summed E-state index contributed by atoms with van der Waals surface area (Å²) in [5.74, 6) is 0.642. The van der Waals surface area contributed by atoms with Gasteiger partial charge < -0.3 is 18.1 Å². The highest BCUT2D eigenvalue weighted by atomic mass is 31.2. The molecule has 0 amide bonds. The highest BCUT2D eigenvalue weighted by Gasteiger charge is 2.46. The molecule has 0 atom stereocenters. The molecule has 0 unspecified atom stereocenters. The van der Waals surface area contributed by atoms with Crippen molar-refractivity contribution in [2.45, 2.75) is 93.4 Å². The maximum absolute atomic E-state index is 12.3. The molecule has 30 heavy (non-hydrogen) atoms. The van der Waals surface area contributed by atoms with Crippen LogP contribution < -0.4 is 0 Å². The lowest BCUT2D eigenvalue weighted by molar-refractivity contribution is 0.0292. The van der Waals surface area contributed by atoms with Crippen molar-refractivity contribution in [1.29, 1.82) is 0 Å². The van der Waals surface area contributed by atoms with Crippen molar-refractivity contribution in [3.8, 4) is 0 Å². The summed E-state index contributed by atoms with van der Waals surface area (Å²) in [4.78, 5) is 0. The Kier molecular flexibility index (Phi) is 8.76. The highest BCUT2D eigenvalue weighted by Crippen LogP contribution is 2.63. The van der Waals surface area contributed by atoms with Gasteiger partial charge in [-0.25, -0.2) is 0 Å². The number of rotatable bonds is 0. The van der Waals surface area contributed by atoms with Crippen molar-refractivity contribution < 1.29 is 27.2 Å². The van der Waals surface area contributed by atoms with Gasteiger partial charge in [0.05, 0.1) is 36.7 Å². The SMILES string of the molecule is CC(C)(C)C1COP(=O)(C(C)(C)C)OC1.CC(C)(C)C1COP(=O)(C(C)(C)C)OC1. The monoisotopic (exact) mass is 468 g/mol. The number of hydrogen-bond donors (Lipinski definition) is 0. The largest absolute Gasteiger partial charge is 0.335 e. The molecule has 0 aromatic carbocycles. The first-order valence-corrected chi connectivity index (χ1v) is 14.0. The standard InChI is InChI=1S/2C11H23O3P/c2*1-10(2,3)9-7-13-15(12,14-8-9)11(4,5)6/h2*9H,7-8H2,1-6H3. The molecule has 180 valence electrons. The van der Waals surface area contributed by atoms with Crippen LogP contribution in [0.5, 0.6) is 0 Å². The molecule has 0 N–H and O–H groups in total. The van der Waals surface area contributed by atoms with Gasteiger partial charge in [0.25, 0.3) is 0 Å². The molecule has 0 bridgehead atoms. The predicted octanol–water partition coefficient (Wildman–Crippen LogP) is 7.37. The van der Waals surface area contributed by atoms with Crippen molar-refractivity contribution in [2.24, 2.45) is 22.7 Å². The van der Waals surface area contributed by atoms with E-state index in [1.54, 1.807) is 0 Å². The molecule has 2 heterocycles. The van der Waals surface area contributed by atoms with Gasteiger partial charge in [0, 0.05) is 11.8 Å².